The predicted molar refractivity (Wildman–Crippen MR) is 64.4 cm³/mol. The summed E-state index contributed by atoms with van der Waals surface area (Å²) >= 11 is 0. The first-order valence-corrected chi connectivity index (χ1v) is 6.12. The summed E-state index contributed by atoms with van der Waals surface area (Å²) in [6.45, 7) is 0.667. The molecule has 0 saturated carbocycles. The maximum absolute atomic E-state index is 11.2. The highest BCUT2D eigenvalue weighted by Crippen LogP contribution is 2.02. The molecule has 114 valence electrons. The molecule has 0 aromatic heterocycles. The summed E-state index contributed by atoms with van der Waals surface area (Å²) in [4.78, 5) is 41.9. The molecule has 0 aliphatic rings. The number of hydrogen-bond acceptors (Lipinski definition) is 8. The van der Waals surface area contributed by atoms with Crippen LogP contribution in [0.5, 0.6) is 0 Å². The van der Waals surface area contributed by atoms with Crippen molar-refractivity contribution in [3.8, 4) is 0 Å². The summed E-state index contributed by atoms with van der Waals surface area (Å²) in [5, 5.41) is 0. The van der Waals surface area contributed by atoms with Gasteiger partial charge in [-0.05, 0) is 12.8 Å². The lowest BCUT2D eigenvalue weighted by molar-refractivity contribution is -0.148. The van der Waals surface area contributed by atoms with Crippen molar-refractivity contribution in [1.82, 2.24) is 0 Å². The van der Waals surface area contributed by atoms with Crippen molar-refractivity contribution in [3.63, 3.8) is 0 Å². The van der Waals surface area contributed by atoms with Crippen molar-refractivity contribution in [2.45, 2.75) is 25.7 Å². The van der Waals surface area contributed by atoms with Crippen LogP contribution in [-0.4, -0.2) is 51.3 Å². The largest absolute Gasteiger partial charge is 0.464 e. The van der Waals surface area contributed by atoms with E-state index in [2.05, 4.69) is 9.47 Å². The summed E-state index contributed by atoms with van der Waals surface area (Å²) in [5.41, 5.74) is 0. The Morgan fingerprint density at radius 3 is 1.45 bits per heavy atom. The van der Waals surface area contributed by atoms with Gasteiger partial charge in [0.25, 0.3) is 12.9 Å². The lowest BCUT2D eigenvalue weighted by atomic mass is 10.2. The topological polar surface area (TPSA) is 105 Å². The number of esters is 2. The van der Waals surface area contributed by atoms with Crippen LogP contribution in [0.3, 0.4) is 0 Å². The Morgan fingerprint density at radius 2 is 1.10 bits per heavy atom. The molecule has 0 fully saturated rings. The molecule has 0 amide bonds. The highest BCUT2D eigenvalue weighted by Gasteiger charge is 2.06. The molecule has 0 aromatic carbocycles. The first-order chi connectivity index (χ1) is 9.70. The molecule has 0 radical (unpaired) electrons. The van der Waals surface area contributed by atoms with Crippen LogP contribution in [-0.2, 0) is 38.1 Å². The van der Waals surface area contributed by atoms with Crippen LogP contribution >= 0.6 is 0 Å². The number of ether oxygens (including phenoxy) is 4. The van der Waals surface area contributed by atoms with Gasteiger partial charge in [0.1, 0.15) is 26.4 Å². The van der Waals surface area contributed by atoms with E-state index in [4.69, 9.17) is 9.47 Å². The third-order valence-corrected chi connectivity index (χ3v) is 2.08. The van der Waals surface area contributed by atoms with Gasteiger partial charge in [-0.15, -0.1) is 0 Å². The van der Waals surface area contributed by atoms with E-state index in [0.717, 1.165) is 0 Å². The van der Waals surface area contributed by atoms with Gasteiger partial charge in [-0.3, -0.25) is 19.2 Å². The minimum absolute atomic E-state index is 0.0242. The van der Waals surface area contributed by atoms with Crippen molar-refractivity contribution in [2.24, 2.45) is 0 Å². The van der Waals surface area contributed by atoms with Crippen LogP contribution in [0, 0.1) is 0 Å². The van der Waals surface area contributed by atoms with Crippen LogP contribution in [0.4, 0.5) is 0 Å². The summed E-state index contributed by atoms with van der Waals surface area (Å²) < 4.78 is 18.2. The molecule has 0 N–H and O–H groups in total. The van der Waals surface area contributed by atoms with Gasteiger partial charge >= 0.3 is 11.9 Å². The van der Waals surface area contributed by atoms with Crippen molar-refractivity contribution in [3.05, 3.63) is 0 Å². The molecule has 0 spiro atoms. The van der Waals surface area contributed by atoms with E-state index in [1.165, 1.54) is 0 Å². The van der Waals surface area contributed by atoms with E-state index in [1.54, 1.807) is 0 Å². The van der Waals surface area contributed by atoms with Gasteiger partial charge in [-0.25, -0.2) is 0 Å². The lowest BCUT2D eigenvalue weighted by Gasteiger charge is -2.05. The highest BCUT2D eigenvalue weighted by atomic mass is 16.6. The van der Waals surface area contributed by atoms with Crippen LogP contribution in [0.15, 0.2) is 0 Å². The van der Waals surface area contributed by atoms with Crippen molar-refractivity contribution in [2.75, 3.05) is 26.4 Å². The SMILES string of the molecule is O=COCCOC(=O)CCCCC(=O)OCCOC=O. The molecule has 0 saturated heterocycles. The molecular formula is C12H18O8. The monoisotopic (exact) mass is 290 g/mol. The Labute approximate surface area is 116 Å². The quantitative estimate of drug-likeness (QED) is 0.202. The molecule has 8 nitrogen and oxygen atoms in total. The number of hydrogen-bond donors (Lipinski definition) is 0. The lowest BCUT2D eigenvalue weighted by Crippen LogP contribution is -2.11. The first kappa shape index (κ1) is 17.9. The van der Waals surface area contributed by atoms with Gasteiger partial charge in [0.2, 0.25) is 0 Å². The van der Waals surface area contributed by atoms with E-state index in [-0.39, 0.29) is 52.2 Å². The minimum atomic E-state index is -0.410. The fraction of sp³-hybridized carbons (Fsp3) is 0.667. The third kappa shape index (κ3) is 12.3. The van der Waals surface area contributed by atoms with Gasteiger partial charge in [-0.1, -0.05) is 0 Å². The molecule has 8 heteroatoms. The average Bonchev–Trinajstić information content (AvgIpc) is 2.44. The highest BCUT2D eigenvalue weighted by molar-refractivity contribution is 5.70. The maximum Gasteiger partial charge on any atom is 0.305 e. The Kier molecular flexibility index (Phi) is 11.9. The minimum Gasteiger partial charge on any atom is -0.464 e. The second-order valence-corrected chi connectivity index (χ2v) is 3.58. The van der Waals surface area contributed by atoms with Crippen LogP contribution < -0.4 is 0 Å². The van der Waals surface area contributed by atoms with Crippen molar-refractivity contribution in [1.29, 1.82) is 0 Å². The normalized spacial score (nSPS) is 9.40. The van der Waals surface area contributed by atoms with Crippen molar-refractivity contribution >= 4 is 24.9 Å². The van der Waals surface area contributed by atoms with Crippen LogP contribution in [0.25, 0.3) is 0 Å². The molecule has 0 aromatic rings. The van der Waals surface area contributed by atoms with E-state index in [9.17, 15) is 19.2 Å². The zero-order valence-corrected chi connectivity index (χ0v) is 11.1. The number of carbonyl (C=O) groups excluding carboxylic acids is 4. The summed E-state index contributed by atoms with van der Waals surface area (Å²) in [7, 11) is 0. The summed E-state index contributed by atoms with van der Waals surface area (Å²) in [6.07, 6.45) is 1.35. The summed E-state index contributed by atoms with van der Waals surface area (Å²) in [5.74, 6) is -0.820. The molecule has 0 rings (SSSR count). The van der Waals surface area contributed by atoms with Gasteiger partial charge in [0.15, 0.2) is 0 Å². The zero-order valence-electron chi connectivity index (χ0n) is 11.1. The predicted octanol–water partition coefficient (Wildman–Crippen LogP) is -0.0208. The maximum atomic E-state index is 11.2. The second-order valence-electron chi connectivity index (χ2n) is 3.58. The van der Waals surface area contributed by atoms with E-state index in [0.29, 0.717) is 12.8 Å². The van der Waals surface area contributed by atoms with Crippen molar-refractivity contribution < 1.29 is 38.1 Å². The Hall–Kier alpha value is -2.12. The molecule has 0 bridgehead atoms. The van der Waals surface area contributed by atoms with Gasteiger partial charge in [-0.2, -0.15) is 0 Å². The van der Waals surface area contributed by atoms with E-state index in [1.807, 2.05) is 0 Å². The molecule has 0 unspecified atom stereocenters. The fourth-order valence-electron chi connectivity index (χ4n) is 1.19. The Balaban J connectivity index is 3.36. The average molecular weight is 290 g/mol. The van der Waals surface area contributed by atoms with Crippen LogP contribution in [0.1, 0.15) is 25.7 Å². The smallest absolute Gasteiger partial charge is 0.305 e. The second kappa shape index (κ2) is 13.3. The van der Waals surface area contributed by atoms with E-state index < -0.39 is 11.9 Å². The molecule has 20 heavy (non-hydrogen) atoms. The number of carbonyl (C=O) groups is 4. The summed E-state index contributed by atoms with van der Waals surface area (Å²) in [6, 6.07) is 0. The molecule has 0 aliphatic carbocycles. The standard InChI is InChI=1S/C12H18O8/c13-9-17-5-7-19-11(15)3-1-2-4-12(16)20-8-6-18-10-14/h9-10H,1-8H2. The fourth-order valence-corrected chi connectivity index (χ4v) is 1.19. The van der Waals surface area contributed by atoms with E-state index >= 15 is 0 Å². The first-order valence-electron chi connectivity index (χ1n) is 6.12. The molecular weight excluding hydrogens is 272 g/mol. The Bertz CT molecular complexity index is 272. The zero-order chi connectivity index (χ0) is 15.1. The van der Waals surface area contributed by atoms with Gasteiger partial charge < -0.3 is 18.9 Å². The molecule has 0 heterocycles. The third-order valence-electron chi connectivity index (χ3n) is 2.08. The molecule has 0 aliphatic heterocycles. The van der Waals surface area contributed by atoms with Gasteiger partial charge in [0.05, 0.1) is 0 Å². The number of unbranched alkanes of at least 4 members (excludes halogenated alkanes) is 1. The van der Waals surface area contributed by atoms with Gasteiger partial charge in [0, 0.05) is 12.8 Å². The Morgan fingerprint density at radius 1 is 0.700 bits per heavy atom. The molecule has 0 atom stereocenters. The number of rotatable bonds is 13. The van der Waals surface area contributed by atoms with Crippen LogP contribution in [0.2, 0.25) is 0 Å².